The first-order valence-corrected chi connectivity index (χ1v) is 8.65. The number of fused-ring (bicyclic) bond motifs is 1. The number of halogens is 1. The fraction of sp³-hybridized carbons (Fsp3) is 0.0909. The van der Waals surface area contributed by atoms with Crippen LogP contribution in [0.1, 0.15) is 15.9 Å². The molecule has 27 heavy (non-hydrogen) atoms. The molecule has 1 N–H and O–H groups in total. The first-order chi connectivity index (χ1) is 13.1. The summed E-state index contributed by atoms with van der Waals surface area (Å²) in [5.41, 5.74) is 3.46. The van der Waals surface area contributed by atoms with Crippen LogP contribution in [0.4, 0.5) is 4.39 Å². The van der Waals surface area contributed by atoms with Crippen LogP contribution < -0.4 is 0 Å². The van der Waals surface area contributed by atoms with Gasteiger partial charge in [-0.3, -0.25) is 9.89 Å². The molecule has 1 heterocycles. The molecule has 0 spiro atoms. The highest BCUT2D eigenvalue weighted by Crippen LogP contribution is 2.24. The molecule has 1 amide bonds. The van der Waals surface area contributed by atoms with Gasteiger partial charge in [-0.05, 0) is 23.3 Å². The lowest BCUT2D eigenvalue weighted by molar-refractivity contribution is 0.0785. The molecule has 4 rings (SSSR count). The van der Waals surface area contributed by atoms with Gasteiger partial charge in [0.1, 0.15) is 5.82 Å². The van der Waals surface area contributed by atoms with Crippen molar-refractivity contribution in [1.29, 1.82) is 0 Å². The van der Waals surface area contributed by atoms with Crippen molar-refractivity contribution in [2.45, 2.75) is 6.54 Å². The highest BCUT2D eigenvalue weighted by atomic mass is 19.1. The maximum atomic E-state index is 14.6. The van der Waals surface area contributed by atoms with Crippen molar-refractivity contribution in [2.24, 2.45) is 0 Å². The number of rotatable bonds is 4. The Hall–Kier alpha value is -3.47. The van der Waals surface area contributed by atoms with Gasteiger partial charge < -0.3 is 4.90 Å². The van der Waals surface area contributed by atoms with Gasteiger partial charge in [0.05, 0.1) is 11.7 Å². The van der Waals surface area contributed by atoms with Crippen LogP contribution in [0.15, 0.2) is 72.9 Å². The van der Waals surface area contributed by atoms with Crippen molar-refractivity contribution in [3.05, 3.63) is 89.9 Å². The van der Waals surface area contributed by atoms with Gasteiger partial charge in [-0.1, -0.05) is 54.6 Å². The molecule has 0 aliphatic heterocycles. The maximum Gasteiger partial charge on any atom is 0.254 e. The second-order valence-electron chi connectivity index (χ2n) is 6.47. The Balaban J connectivity index is 1.57. The van der Waals surface area contributed by atoms with Gasteiger partial charge >= 0.3 is 0 Å². The molecule has 0 bridgehead atoms. The third-order valence-corrected chi connectivity index (χ3v) is 4.62. The van der Waals surface area contributed by atoms with Crippen molar-refractivity contribution >= 4 is 16.8 Å². The number of aromatic amines is 1. The van der Waals surface area contributed by atoms with E-state index in [2.05, 4.69) is 10.2 Å². The van der Waals surface area contributed by atoms with Crippen LogP contribution in [-0.2, 0) is 6.54 Å². The number of nitrogens with one attached hydrogen (secondary N) is 1. The summed E-state index contributed by atoms with van der Waals surface area (Å²) < 4.78 is 14.6. The zero-order chi connectivity index (χ0) is 18.8. The lowest BCUT2D eigenvalue weighted by Crippen LogP contribution is -2.26. The number of carbonyl (C=O) groups is 1. The Morgan fingerprint density at radius 1 is 1.07 bits per heavy atom. The van der Waals surface area contributed by atoms with E-state index in [0.29, 0.717) is 17.7 Å². The first-order valence-electron chi connectivity index (χ1n) is 8.65. The Bertz CT molecular complexity index is 1100. The van der Waals surface area contributed by atoms with Gasteiger partial charge in [0.25, 0.3) is 5.91 Å². The molecule has 0 fully saturated rings. The summed E-state index contributed by atoms with van der Waals surface area (Å²) in [5, 5.41) is 8.00. The minimum absolute atomic E-state index is 0.231. The standard InChI is InChI=1S/C22H18FN3O/c1-26(14-18-9-5-8-17-13-24-25-21(17)18)22(27)16-10-11-19(20(23)12-16)15-6-3-2-4-7-15/h2-13H,14H2,1H3,(H,24,25). The normalized spacial score (nSPS) is 10.9. The minimum atomic E-state index is -0.406. The number of H-pyrrole nitrogens is 1. The monoisotopic (exact) mass is 359 g/mol. The molecule has 0 saturated heterocycles. The Labute approximate surface area is 156 Å². The molecular formula is C22H18FN3O. The Morgan fingerprint density at radius 2 is 1.89 bits per heavy atom. The minimum Gasteiger partial charge on any atom is -0.337 e. The van der Waals surface area contributed by atoms with Crippen LogP contribution in [0.2, 0.25) is 0 Å². The van der Waals surface area contributed by atoms with Crippen molar-refractivity contribution in [3.8, 4) is 11.1 Å². The third kappa shape index (κ3) is 3.31. The summed E-state index contributed by atoms with van der Waals surface area (Å²) in [6.45, 7) is 0.403. The molecule has 134 valence electrons. The van der Waals surface area contributed by atoms with Gasteiger partial charge in [-0.25, -0.2) is 4.39 Å². The molecule has 0 radical (unpaired) electrons. The summed E-state index contributed by atoms with van der Waals surface area (Å²) in [7, 11) is 1.71. The van der Waals surface area contributed by atoms with Gasteiger partial charge in [-0.2, -0.15) is 5.10 Å². The summed E-state index contributed by atoms with van der Waals surface area (Å²) >= 11 is 0. The van der Waals surface area contributed by atoms with Crippen LogP contribution in [0.25, 0.3) is 22.0 Å². The highest BCUT2D eigenvalue weighted by Gasteiger charge is 2.16. The Kier molecular flexibility index (Phi) is 4.42. The zero-order valence-electron chi connectivity index (χ0n) is 14.8. The number of aromatic nitrogens is 2. The maximum absolute atomic E-state index is 14.6. The average molecular weight is 359 g/mol. The summed E-state index contributed by atoms with van der Waals surface area (Å²) in [6.07, 6.45) is 1.75. The zero-order valence-corrected chi connectivity index (χ0v) is 14.8. The van der Waals surface area contributed by atoms with E-state index in [1.54, 1.807) is 30.3 Å². The topological polar surface area (TPSA) is 49.0 Å². The summed E-state index contributed by atoms with van der Waals surface area (Å²) in [5.74, 6) is -0.638. The number of hydrogen-bond donors (Lipinski definition) is 1. The van der Waals surface area contributed by atoms with E-state index >= 15 is 0 Å². The molecule has 4 aromatic rings. The van der Waals surface area contributed by atoms with Crippen LogP contribution >= 0.6 is 0 Å². The van der Waals surface area contributed by atoms with E-state index in [-0.39, 0.29) is 5.91 Å². The van der Waals surface area contributed by atoms with Crippen molar-refractivity contribution in [3.63, 3.8) is 0 Å². The molecule has 1 aromatic heterocycles. The molecule has 0 atom stereocenters. The first kappa shape index (κ1) is 17.0. The van der Waals surface area contributed by atoms with E-state index in [9.17, 15) is 9.18 Å². The van der Waals surface area contributed by atoms with Crippen molar-refractivity contribution in [1.82, 2.24) is 15.1 Å². The second-order valence-corrected chi connectivity index (χ2v) is 6.47. The second kappa shape index (κ2) is 7.03. The predicted molar refractivity (Wildman–Crippen MR) is 104 cm³/mol. The average Bonchev–Trinajstić information content (AvgIpc) is 3.18. The van der Waals surface area contributed by atoms with E-state index in [0.717, 1.165) is 22.0 Å². The highest BCUT2D eigenvalue weighted by molar-refractivity contribution is 5.95. The number of carbonyl (C=O) groups excluding carboxylic acids is 1. The number of benzene rings is 3. The fourth-order valence-corrected chi connectivity index (χ4v) is 3.21. The molecule has 4 nitrogen and oxygen atoms in total. The van der Waals surface area contributed by atoms with Gasteiger partial charge in [-0.15, -0.1) is 0 Å². The van der Waals surface area contributed by atoms with E-state index in [1.165, 1.54) is 6.07 Å². The molecular weight excluding hydrogens is 341 g/mol. The van der Waals surface area contributed by atoms with E-state index < -0.39 is 5.82 Å². The van der Waals surface area contributed by atoms with Gasteiger partial charge in [0, 0.05) is 30.1 Å². The summed E-state index contributed by atoms with van der Waals surface area (Å²) in [6, 6.07) is 19.8. The van der Waals surface area contributed by atoms with Crippen molar-refractivity contribution < 1.29 is 9.18 Å². The SMILES string of the molecule is CN(Cc1cccc2cn[nH]c12)C(=O)c1ccc(-c2ccccc2)c(F)c1. The largest absolute Gasteiger partial charge is 0.337 e. The van der Waals surface area contributed by atoms with Gasteiger partial charge in [0.2, 0.25) is 0 Å². The Morgan fingerprint density at radius 3 is 2.67 bits per heavy atom. The van der Waals surface area contributed by atoms with Crippen molar-refractivity contribution in [2.75, 3.05) is 7.05 Å². The predicted octanol–water partition coefficient (Wildman–Crippen LogP) is 4.64. The molecule has 3 aromatic carbocycles. The number of amides is 1. The molecule has 5 heteroatoms. The summed E-state index contributed by atoms with van der Waals surface area (Å²) in [4.78, 5) is 14.3. The van der Waals surface area contributed by atoms with Crippen LogP contribution in [0, 0.1) is 5.82 Å². The van der Waals surface area contributed by atoms with E-state index in [1.807, 2.05) is 48.5 Å². The molecule has 0 saturated carbocycles. The third-order valence-electron chi connectivity index (χ3n) is 4.62. The van der Waals surface area contributed by atoms with E-state index in [4.69, 9.17) is 0 Å². The number of nitrogens with zero attached hydrogens (tertiary/aromatic N) is 2. The molecule has 0 aliphatic carbocycles. The van der Waals surface area contributed by atoms with Gasteiger partial charge in [0.15, 0.2) is 0 Å². The van der Waals surface area contributed by atoms with Crippen LogP contribution in [0.5, 0.6) is 0 Å². The fourth-order valence-electron chi connectivity index (χ4n) is 3.21. The lowest BCUT2D eigenvalue weighted by atomic mass is 10.0. The quantitative estimate of drug-likeness (QED) is 0.577. The lowest BCUT2D eigenvalue weighted by Gasteiger charge is -2.18. The molecule has 0 aliphatic rings. The molecule has 0 unspecified atom stereocenters. The number of para-hydroxylation sites is 1. The van der Waals surface area contributed by atoms with Crippen LogP contribution in [0.3, 0.4) is 0 Å². The smallest absolute Gasteiger partial charge is 0.254 e. The number of hydrogen-bond acceptors (Lipinski definition) is 2. The van der Waals surface area contributed by atoms with Crippen LogP contribution in [-0.4, -0.2) is 28.1 Å².